The zero-order chi connectivity index (χ0) is 20.3. The van der Waals surface area contributed by atoms with Gasteiger partial charge in [0, 0.05) is 43.7 Å². The first-order valence-electron chi connectivity index (χ1n) is 9.19. The van der Waals surface area contributed by atoms with Crippen molar-refractivity contribution >= 4 is 23.3 Å². The van der Waals surface area contributed by atoms with Crippen LogP contribution in [0.4, 0.5) is 10.2 Å². The summed E-state index contributed by atoms with van der Waals surface area (Å²) in [7, 11) is 0. The van der Waals surface area contributed by atoms with Crippen molar-refractivity contribution < 1.29 is 13.9 Å². The van der Waals surface area contributed by atoms with Crippen LogP contribution in [0.15, 0.2) is 30.6 Å². The fourth-order valence-electron chi connectivity index (χ4n) is 2.98. The maximum atomic E-state index is 13.9. The number of carbonyl (C=O) groups is 1. The van der Waals surface area contributed by atoms with Crippen molar-refractivity contribution in [2.75, 3.05) is 31.1 Å². The molecule has 150 valence electrons. The number of rotatable bonds is 4. The van der Waals surface area contributed by atoms with Gasteiger partial charge in [-0.05, 0) is 23.6 Å². The number of piperazine rings is 1. The molecule has 1 saturated heterocycles. The third-order valence-corrected chi connectivity index (χ3v) is 4.61. The molecule has 0 unspecified atom stereocenters. The largest absolute Gasteiger partial charge is 0.436 e. The van der Waals surface area contributed by atoms with Crippen molar-refractivity contribution in [1.29, 1.82) is 0 Å². The molecule has 0 aliphatic carbocycles. The van der Waals surface area contributed by atoms with E-state index in [0.29, 0.717) is 43.4 Å². The number of anilines is 1. The zero-order valence-corrected chi connectivity index (χ0v) is 17.0. The van der Waals surface area contributed by atoms with Crippen LogP contribution in [0.1, 0.15) is 27.2 Å². The van der Waals surface area contributed by atoms with Crippen molar-refractivity contribution in [1.82, 2.24) is 14.9 Å². The van der Waals surface area contributed by atoms with Crippen LogP contribution in [-0.4, -0.2) is 47.0 Å². The maximum absolute atomic E-state index is 13.9. The lowest BCUT2D eigenvalue weighted by Gasteiger charge is -2.36. The Morgan fingerprint density at radius 1 is 1.18 bits per heavy atom. The van der Waals surface area contributed by atoms with Crippen LogP contribution in [0.5, 0.6) is 11.6 Å². The Labute approximate surface area is 169 Å². The summed E-state index contributed by atoms with van der Waals surface area (Å²) in [5.41, 5.74) is -0.0238. The van der Waals surface area contributed by atoms with E-state index < -0.39 is 5.82 Å². The lowest BCUT2D eigenvalue weighted by Crippen LogP contribution is -2.49. The van der Waals surface area contributed by atoms with Crippen molar-refractivity contribution in [2.24, 2.45) is 5.41 Å². The van der Waals surface area contributed by atoms with E-state index in [9.17, 15) is 9.18 Å². The molecule has 1 aliphatic heterocycles. The van der Waals surface area contributed by atoms with Crippen molar-refractivity contribution in [3.63, 3.8) is 0 Å². The smallest absolute Gasteiger partial charge is 0.224 e. The van der Waals surface area contributed by atoms with Gasteiger partial charge in [0.2, 0.25) is 11.8 Å². The maximum Gasteiger partial charge on any atom is 0.224 e. The Hall–Kier alpha value is -2.41. The third-order valence-electron chi connectivity index (χ3n) is 4.37. The molecule has 0 N–H and O–H groups in total. The van der Waals surface area contributed by atoms with E-state index in [4.69, 9.17) is 16.3 Å². The molecule has 3 rings (SSSR count). The molecule has 2 aromatic rings. The quantitative estimate of drug-likeness (QED) is 0.763. The number of nitrogens with zero attached hydrogens (tertiary/aromatic N) is 4. The number of carbonyl (C=O) groups excluding carboxylic acids is 1. The van der Waals surface area contributed by atoms with E-state index >= 15 is 0 Å². The SMILES string of the molecule is CC(C)(C)CC(=O)N1CCN(c2cc(Oc3ccc(Cl)cc3F)ncn2)CC1. The van der Waals surface area contributed by atoms with Gasteiger partial charge in [0.1, 0.15) is 12.1 Å². The second-order valence-corrected chi connectivity index (χ2v) is 8.43. The third kappa shape index (κ3) is 5.32. The van der Waals surface area contributed by atoms with E-state index in [0.717, 1.165) is 0 Å². The lowest BCUT2D eigenvalue weighted by molar-refractivity contribution is -0.133. The van der Waals surface area contributed by atoms with Crippen molar-refractivity contribution in [3.8, 4) is 11.6 Å². The van der Waals surface area contributed by atoms with Gasteiger partial charge >= 0.3 is 0 Å². The topological polar surface area (TPSA) is 58.6 Å². The first kappa shape index (κ1) is 20.3. The number of amides is 1. The molecule has 2 heterocycles. The van der Waals surface area contributed by atoms with Gasteiger partial charge in [0.25, 0.3) is 0 Å². The number of aromatic nitrogens is 2. The lowest BCUT2D eigenvalue weighted by atomic mass is 9.91. The van der Waals surface area contributed by atoms with Crippen LogP contribution in [0.3, 0.4) is 0 Å². The number of benzene rings is 1. The highest BCUT2D eigenvalue weighted by molar-refractivity contribution is 6.30. The number of ether oxygens (including phenoxy) is 1. The van der Waals surface area contributed by atoms with E-state index in [-0.39, 0.29) is 23.0 Å². The Kier molecular flexibility index (Phi) is 6.03. The Bertz CT molecular complexity index is 848. The number of hydrogen-bond acceptors (Lipinski definition) is 5. The number of halogens is 2. The van der Waals surface area contributed by atoms with Gasteiger partial charge in [-0.3, -0.25) is 4.79 Å². The number of hydrogen-bond donors (Lipinski definition) is 0. The molecule has 0 spiro atoms. The second-order valence-electron chi connectivity index (χ2n) is 8.00. The molecular weight excluding hydrogens is 383 g/mol. The van der Waals surface area contributed by atoms with E-state index in [2.05, 4.69) is 35.6 Å². The minimum atomic E-state index is -0.557. The van der Waals surface area contributed by atoms with Gasteiger partial charge in [-0.25, -0.2) is 14.4 Å². The van der Waals surface area contributed by atoms with Gasteiger partial charge in [-0.2, -0.15) is 0 Å². The highest BCUT2D eigenvalue weighted by Crippen LogP contribution is 2.27. The Balaban J connectivity index is 1.63. The summed E-state index contributed by atoms with van der Waals surface area (Å²) in [5, 5.41) is 0.298. The predicted octanol–water partition coefficient (Wildman–Crippen LogP) is 4.15. The van der Waals surface area contributed by atoms with E-state index in [1.807, 2.05) is 4.90 Å². The normalized spacial score (nSPS) is 14.9. The molecule has 8 heteroatoms. The van der Waals surface area contributed by atoms with Gasteiger partial charge in [-0.1, -0.05) is 32.4 Å². The summed E-state index contributed by atoms with van der Waals surface area (Å²) >= 11 is 5.76. The molecule has 28 heavy (non-hydrogen) atoms. The van der Waals surface area contributed by atoms with Gasteiger partial charge in [0.05, 0.1) is 0 Å². The van der Waals surface area contributed by atoms with Crippen LogP contribution in [0, 0.1) is 11.2 Å². The van der Waals surface area contributed by atoms with Crippen molar-refractivity contribution in [2.45, 2.75) is 27.2 Å². The van der Waals surface area contributed by atoms with Crippen LogP contribution < -0.4 is 9.64 Å². The molecule has 0 bridgehead atoms. The molecular formula is C20H24ClFN4O2. The summed E-state index contributed by atoms with van der Waals surface area (Å²) in [6.07, 6.45) is 1.92. The second kappa shape index (κ2) is 8.31. The van der Waals surface area contributed by atoms with Gasteiger partial charge in [-0.15, -0.1) is 0 Å². The van der Waals surface area contributed by atoms with Crippen LogP contribution in [0.25, 0.3) is 0 Å². The molecule has 0 saturated carbocycles. The molecule has 0 radical (unpaired) electrons. The van der Waals surface area contributed by atoms with E-state index in [1.165, 1.54) is 18.5 Å². The summed E-state index contributed by atoms with van der Waals surface area (Å²) in [6, 6.07) is 5.86. The molecule has 1 aromatic heterocycles. The molecule has 0 atom stereocenters. The minimum Gasteiger partial charge on any atom is -0.436 e. The summed E-state index contributed by atoms with van der Waals surface area (Å²) in [4.78, 5) is 24.7. The molecule has 1 aromatic carbocycles. The van der Waals surface area contributed by atoms with Crippen molar-refractivity contribution in [3.05, 3.63) is 41.4 Å². The highest BCUT2D eigenvalue weighted by atomic mass is 35.5. The van der Waals surface area contributed by atoms with Crippen LogP contribution in [-0.2, 0) is 4.79 Å². The fourth-order valence-corrected chi connectivity index (χ4v) is 3.14. The van der Waals surface area contributed by atoms with Crippen LogP contribution in [0.2, 0.25) is 5.02 Å². The molecule has 6 nitrogen and oxygen atoms in total. The molecule has 1 fully saturated rings. The predicted molar refractivity (Wildman–Crippen MR) is 106 cm³/mol. The summed E-state index contributed by atoms with van der Waals surface area (Å²) < 4.78 is 19.5. The van der Waals surface area contributed by atoms with Gasteiger partial charge in [0.15, 0.2) is 11.6 Å². The average Bonchev–Trinajstić information content (AvgIpc) is 2.63. The van der Waals surface area contributed by atoms with Gasteiger partial charge < -0.3 is 14.5 Å². The minimum absolute atomic E-state index is 0.0238. The highest BCUT2D eigenvalue weighted by Gasteiger charge is 2.25. The first-order chi connectivity index (χ1) is 13.2. The molecule has 1 aliphatic rings. The standard InChI is InChI=1S/C20H24ClFN4O2/c1-20(2,3)12-19(27)26-8-6-25(7-9-26)17-11-18(24-13-23-17)28-16-5-4-14(21)10-15(16)22/h4-5,10-11,13H,6-9,12H2,1-3H3. The van der Waals surface area contributed by atoms with Crippen LogP contribution >= 0.6 is 11.6 Å². The summed E-state index contributed by atoms with van der Waals surface area (Å²) in [5.74, 6) is 0.599. The average molecular weight is 407 g/mol. The Morgan fingerprint density at radius 2 is 1.89 bits per heavy atom. The van der Waals surface area contributed by atoms with E-state index in [1.54, 1.807) is 12.1 Å². The fraction of sp³-hybridized carbons (Fsp3) is 0.450. The molecule has 1 amide bonds. The zero-order valence-electron chi connectivity index (χ0n) is 16.3. The summed E-state index contributed by atoms with van der Waals surface area (Å²) in [6.45, 7) is 8.80. The Morgan fingerprint density at radius 3 is 2.54 bits per heavy atom. The monoisotopic (exact) mass is 406 g/mol. The first-order valence-corrected chi connectivity index (χ1v) is 9.57.